The molecule has 0 radical (unpaired) electrons. The Morgan fingerprint density at radius 1 is 1.28 bits per heavy atom. The van der Waals surface area contributed by atoms with Crippen LogP contribution < -0.4 is 5.32 Å². The first-order valence-corrected chi connectivity index (χ1v) is 11.3. The van der Waals surface area contributed by atoms with Crippen molar-refractivity contribution in [1.82, 2.24) is 14.5 Å². The summed E-state index contributed by atoms with van der Waals surface area (Å²) in [6, 6.07) is 11.5. The Morgan fingerprint density at radius 3 is 2.90 bits per heavy atom. The van der Waals surface area contributed by atoms with E-state index in [4.69, 9.17) is 0 Å². The summed E-state index contributed by atoms with van der Waals surface area (Å²) in [5.74, 6) is 0.0394. The lowest BCUT2D eigenvalue weighted by Crippen LogP contribution is -2.31. The Balaban J connectivity index is 1.47. The van der Waals surface area contributed by atoms with Gasteiger partial charge in [0.1, 0.15) is 0 Å². The molecule has 2 aromatic heterocycles. The van der Waals surface area contributed by atoms with Gasteiger partial charge in [-0.15, -0.1) is 11.3 Å². The predicted molar refractivity (Wildman–Crippen MR) is 116 cm³/mol. The molecule has 0 aliphatic carbocycles. The van der Waals surface area contributed by atoms with E-state index in [2.05, 4.69) is 16.4 Å². The molecule has 0 unspecified atom stereocenters. The third kappa shape index (κ3) is 4.38. The Hall–Kier alpha value is -2.58. The van der Waals surface area contributed by atoms with Crippen molar-refractivity contribution in [2.24, 2.45) is 7.05 Å². The molecule has 1 atom stereocenters. The van der Waals surface area contributed by atoms with Crippen molar-refractivity contribution >= 4 is 40.6 Å². The van der Waals surface area contributed by atoms with Crippen LogP contribution >= 0.6 is 23.1 Å². The molecule has 0 bridgehead atoms. The van der Waals surface area contributed by atoms with Crippen LogP contribution in [0.25, 0.3) is 0 Å². The number of likely N-dealkylation sites (tertiary alicyclic amines) is 1. The lowest BCUT2D eigenvalue weighted by Gasteiger charge is -2.25. The van der Waals surface area contributed by atoms with Gasteiger partial charge in [-0.25, -0.2) is 4.98 Å². The third-order valence-electron chi connectivity index (χ3n) is 4.93. The fourth-order valence-corrected chi connectivity index (χ4v) is 5.13. The van der Waals surface area contributed by atoms with Crippen molar-refractivity contribution in [2.75, 3.05) is 17.6 Å². The van der Waals surface area contributed by atoms with Crippen molar-refractivity contribution in [3.05, 3.63) is 64.6 Å². The predicted octanol–water partition coefficient (Wildman–Crippen LogP) is 4.19. The van der Waals surface area contributed by atoms with Crippen molar-refractivity contribution in [1.29, 1.82) is 0 Å². The number of thiophene rings is 1. The minimum Gasteiger partial charge on any atom is -0.331 e. The van der Waals surface area contributed by atoms with Crippen LogP contribution in [0.1, 0.15) is 34.1 Å². The molecule has 2 amide bonds. The molecule has 3 heterocycles. The number of nitrogens with one attached hydrogen (secondary N) is 1. The van der Waals surface area contributed by atoms with E-state index in [-0.39, 0.29) is 23.6 Å². The number of imidazole rings is 1. The summed E-state index contributed by atoms with van der Waals surface area (Å²) in [7, 11) is 1.89. The van der Waals surface area contributed by atoms with E-state index >= 15 is 0 Å². The van der Waals surface area contributed by atoms with Gasteiger partial charge in [-0.05, 0) is 36.4 Å². The topological polar surface area (TPSA) is 67.2 Å². The first-order valence-electron chi connectivity index (χ1n) is 9.47. The van der Waals surface area contributed by atoms with Crippen LogP contribution in [0.4, 0.5) is 5.69 Å². The smallest absolute Gasteiger partial charge is 0.256 e. The number of aryl methyl sites for hydroxylation is 1. The Bertz CT molecular complexity index is 1000. The van der Waals surface area contributed by atoms with Gasteiger partial charge in [0.2, 0.25) is 5.91 Å². The number of rotatable bonds is 6. The number of aromatic nitrogens is 2. The van der Waals surface area contributed by atoms with Crippen molar-refractivity contribution < 1.29 is 9.59 Å². The second-order valence-electron chi connectivity index (χ2n) is 6.88. The van der Waals surface area contributed by atoms with Gasteiger partial charge < -0.3 is 14.8 Å². The molecular formula is C21H22N4O2S2. The van der Waals surface area contributed by atoms with E-state index in [9.17, 15) is 9.59 Å². The largest absolute Gasteiger partial charge is 0.331 e. The van der Waals surface area contributed by atoms with Crippen LogP contribution in [0.15, 0.2) is 59.3 Å². The molecule has 4 rings (SSSR count). The van der Waals surface area contributed by atoms with E-state index in [1.807, 2.05) is 46.3 Å². The van der Waals surface area contributed by atoms with Gasteiger partial charge >= 0.3 is 0 Å². The van der Waals surface area contributed by atoms with Gasteiger partial charge in [0.05, 0.1) is 23.0 Å². The third-order valence-corrected chi connectivity index (χ3v) is 6.96. The molecule has 0 saturated carbocycles. The fourth-order valence-electron chi connectivity index (χ4n) is 3.53. The van der Waals surface area contributed by atoms with E-state index in [1.165, 1.54) is 16.6 Å². The van der Waals surface area contributed by atoms with Gasteiger partial charge in [0.15, 0.2) is 5.16 Å². The maximum Gasteiger partial charge on any atom is 0.256 e. The molecule has 1 fully saturated rings. The first-order chi connectivity index (χ1) is 14.1. The van der Waals surface area contributed by atoms with Gasteiger partial charge in [0, 0.05) is 30.9 Å². The SMILES string of the molecule is Cn1ccnc1SCC(=O)Nc1ccccc1C(=O)N1CCC[C@@H]1c1cccs1. The number of thioether (sulfide) groups is 1. The van der Waals surface area contributed by atoms with Gasteiger partial charge in [-0.2, -0.15) is 0 Å². The van der Waals surface area contributed by atoms with Crippen molar-refractivity contribution in [2.45, 2.75) is 24.0 Å². The maximum absolute atomic E-state index is 13.3. The van der Waals surface area contributed by atoms with E-state index < -0.39 is 0 Å². The minimum atomic E-state index is -0.158. The second-order valence-corrected chi connectivity index (χ2v) is 8.80. The Labute approximate surface area is 177 Å². The Kier molecular flexibility index (Phi) is 6.01. The van der Waals surface area contributed by atoms with Crippen molar-refractivity contribution in [3.63, 3.8) is 0 Å². The molecule has 1 aliphatic heterocycles. The summed E-state index contributed by atoms with van der Waals surface area (Å²) in [5, 5.41) is 5.73. The van der Waals surface area contributed by atoms with Crippen LogP contribution in [-0.4, -0.2) is 38.6 Å². The zero-order chi connectivity index (χ0) is 20.2. The average Bonchev–Trinajstić information content (AvgIpc) is 3.47. The van der Waals surface area contributed by atoms with Crippen LogP contribution in [0.5, 0.6) is 0 Å². The molecule has 150 valence electrons. The molecule has 6 nitrogen and oxygen atoms in total. The van der Waals surface area contributed by atoms with Crippen molar-refractivity contribution in [3.8, 4) is 0 Å². The molecule has 0 spiro atoms. The molecule has 1 N–H and O–H groups in total. The number of nitrogens with zero attached hydrogens (tertiary/aromatic N) is 3. The van der Waals surface area contributed by atoms with E-state index in [1.54, 1.807) is 29.7 Å². The number of carbonyl (C=O) groups is 2. The standard InChI is InChI=1S/C21H22N4O2S2/c1-24-12-10-22-21(24)29-14-19(26)23-16-7-3-2-6-15(16)20(27)25-11-4-8-17(25)18-9-5-13-28-18/h2-3,5-7,9-10,12-13,17H,4,8,11,14H2,1H3,(H,23,26)/t17-/m1/s1. The van der Waals surface area contributed by atoms with Crippen LogP contribution in [-0.2, 0) is 11.8 Å². The zero-order valence-corrected chi connectivity index (χ0v) is 17.7. The minimum absolute atomic E-state index is 0.0337. The lowest BCUT2D eigenvalue weighted by atomic mass is 10.1. The van der Waals surface area contributed by atoms with Crippen LogP contribution in [0.3, 0.4) is 0 Å². The number of hydrogen-bond acceptors (Lipinski definition) is 5. The first kappa shape index (κ1) is 19.7. The zero-order valence-electron chi connectivity index (χ0n) is 16.1. The fraction of sp³-hybridized carbons (Fsp3) is 0.286. The highest BCUT2D eigenvalue weighted by atomic mass is 32.2. The molecule has 8 heteroatoms. The normalized spacial score (nSPS) is 16.2. The Morgan fingerprint density at radius 2 is 2.14 bits per heavy atom. The van der Waals surface area contributed by atoms with Crippen LogP contribution in [0.2, 0.25) is 0 Å². The number of hydrogen-bond donors (Lipinski definition) is 1. The summed E-state index contributed by atoms with van der Waals surface area (Å²) in [5.41, 5.74) is 1.09. The number of amides is 2. The number of benzene rings is 1. The lowest BCUT2D eigenvalue weighted by molar-refractivity contribution is -0.113. The number of anilines is 1. The average molecular weight is 427 g/mol. The summed E-state index contributed by atoms with van der Waals surface area (Å²) in [6.45, 7) is 0.735. The molecule has 1 aromatic carbocycles. The summed E-state index contributed by atoms with van der Waals surface area (Å²) < 4.78 is 1.87. The summed E-state index contributed by atoms with van der Waals surface area (Å²) in [4.78, 5) is 33.1. The molecule has 29 heavy (non-hydrogen) atoms. The highest BCUT2D eigenvalue weighted by molar-refractivity contribution is 7.99. The van der Waals surface area contributed by atoms with Crippen LogP contribution in [0, 0.1) is 0 Å². The summed E-state index contributed by atoms with van der Waals surface area (Å²) >= 11 is 3.05. The molecular weight excluding hydrogens is 404 g/mol. The highest BCUT2D eigenvalue weighted by Crippen LogP contribution is 2.36. The monoisotopic (exact) mass is 426 g/mol. The van der Waals surface area contributed by atoms with E-state index in [0.717, 1.165) is 24.5 Å². The van der Waals surface area contributed by atoms with Gasteiger partial charge in [-0.3, -0.25) is 9.59 Å². The summed E-state index contributed by atoms with van der Waals surface area (Å²) in [6.07, 6.45) is 5.51. The second kappa shape index (κ2) is 8.84. The highest BCUT2D eigenvalue weighted by Gasteiger charge is 2.32. The maximum atomic E-state index is 13.3. The molecule has 1 saturated heterocycles. The number of carbonyl (C=O) groups excluding carboxylic acids is 2. The molecule has 1 aliphatic rings. The number of para-hydroxylation sites is 1. The van der Waals surface area contributed by atoms with Gasteiger partial charge in [0.25, 0.3) is 5.91 Å². The quantitative estimate of drug-likeness (QED) is 0.600. The van der Waals surface area contributed by atoms with E-state index in [0.29, 0.717) is 11.3 Å². The molecule has 3 aromatic rings. The van der Waals surface area contributed by atoms with Gasteiger partial charge in [-0.1, -0.05) is 30.0 Å².